The van der Waals surface area contributed by atoms with Crippen molar-refractivity contribution >= 4 is 27.4 Å². The second kappa shape index (κ2) is 4.51. The predicted octanol–water partition coefficient (Wildman–Crippen LogP) is -0.0995. The van der Waals surface area contributed by atoms with Crippen molar-refractivity contribution in [3.63, 3.8) is 0 Å². The molecule has 0 bridgehead atoms. The van der Waals surface area contributed by atoms with Crippen LogP contribution < -0.4 is 9.62 Å². The summed E-state index contributed by atoms with van der Waals surface area (Å²) in [5, 5.41) is 0. The van der Waals surface area contributed by atoms with E-state index >= 15 is 0 Å². The second-order valence-electron chi connectivity index (χ2n) is 3.90. The third-order valence-corrected chi connectivity index (χ3v) is 4.10. The fourth-order valence-electron chi connectivity index (χ4n) is 1.76. The summed E-state index contributed by atoms with van der Waals surface area (Å²) in [6.45, 7) is 0.00187. The van der Waals surface area contributed by atoms with Gasteiger partial charge in [0.25, 0.3) is 0 Å². The van der Waals surface area contributed by atoms with Crippen LogP contribution in [0, 0.1) is 0 Å². The summed E-state index contributed by atoms with van der Waals surface area (Å²) in [6, 6.07) is 5.95. The number of nitrogens with one attached hydrogen (secondary N) is 1. The summed E-state index contributed by atoms with van der Waals surface area (Å²) in [4.78, 5) is 24.1. The van der Waals surface area contributed by atoms with Gasteiger partial charge in [0.1, 0.15) is 0 Å². The van der Waals surface area contributed by atoms with Crippen LogP contribution in [-0.2, 0) is 19.6 Å². The molecule has 0 radical (unpaired) electrons. The molecule has 7 heteroatoms. The van der Waals surface area contributed by atoms with Gasteiger partial charge in [-0.2, -0.15) is 0 Å². The first-order chi connectivity index (χ1) is 8.44. The summed E-state index contributed by atoms with van der Waals surface area (Å²) in [5.41, 5.74) is 0.419. The summed E-state index contributed by atoms with van der Waals surface area (Å²) < 4.78 is 25.5. The van der Waals surface area contributed by atoms with Gasteiger partial charge < -0.3 is 4.90 Å². The maximum absolute atomic E-state index is 11.6. The Kier molecular flexibility index (Phi) is 3.18. The maximum Gasteiger partial charge on any atom is 0.240 e. The van der Waals surface area contributed by atoms with Crippen LogP contribution in [-0.4, -0.2) is 33.7 Å². The van der Waals surface area contributed by atoms with Gasteiger partial charge in [0.05, 0.1) is 17.9 Å². The van der Waals surface area contributed by atoms with Crippen LogP contribution in [0.4, 0.5) is 5.69 Å². The molecule has 0 saturated carbocycles. The molecule has 1 fully saturated rings. The van der Waals surface area contributed by atoms with Crippen LogP contribution >= 0.6 is 0 Å². The zero-order chi connectivity index (χ0) is 13.3. The molecule has 2 rings (SSSR count). The van der Waals surface area contributed by atoms with Crippen molar-refractivity contribution < 1.29 is 18.0 Å². The molecule has 1 amide bonds. The molecule has 0 aliphatic carbocycles. The van der Waals surface area contributed by atoms with Crippen molar-refractivity contribution in [3.8, 4) is 0 Å². The third kappa shape index (κ3) is 2.27. The fourth-order valence-corrected chi connectivity index (χ4v) is 2.53. The molecular formula is C11H12N2O4S. The molecule has 0 atom stereocenters. The number of Topliss-reactive ketones (excluding diaryl/α,β-unsaturated/α-hetero) is 1. The minimum absolute atomic E-state index is 0.00187. The van der Waals surface area contributed by atoms with E-state index in [4.69, 9.17) is 0 Å². The highest BCUT2D eigenvalue weighted by molar-refractivity contribution is 7.89. The molecule has 1 aromatic rings. The lowest BCUT2D eigenvalue weighted by Crippen LogP contribution is -2.25. The van der Waals surface area contributed by atoms with E-state index in [2.05, 4.69) is 4.72 Å². The van der Waals surface area contributed by atoms with Gasteiger partial charge >= 0.3 is 0 Å². The average molecular weight is 268 g/mol. The van der Waals surface area contributed by atoms with Crippen LogP contribution in [0.15, 0.2) is 29.2 Å². The van der Waals surface area contributed by atoms with Gasteiger partial charge in [-0.25, -0.2) is 13.1 Å². The Bertz CT molecular complexity index is 609. The number of amides is 1. The van der Waals surface area contributed by atoms with E-state index in [9.17, 15) is 18.0 Å². The fraction of sp³-hybridized carbons (Fsp3) is 0.273. The van der Waals surface area contributed by atoms with E-state index in [1.54, 1.807) is 6.07 Å². The molecular weight excluding hydrogens is 256 g/mol. The number of ketones is 1. The van der Waals surface area contributed by atoms with Crippen molar-refractivity contribution in [1.82, 2.24) is 4.72 Å². The van der Waals surface area contributed by atoms with Gasteiger partial charge in [-0.3, -0.25) is 9.59 Å². The van der Waals surface area contributed by atoms with Gasteiger partial charge in [-0.05, 0) is 25.2 Å². The van der Waals surface area contributed by atoms with Crippen LogP contribution in [0.25, 0.3) is 0 Å². The molecule has 0 unspecified atom stereocenters. The number of hydrogen-bond acceptors (Lipinski definition) is 4. The van der Waals surface area contributed by atoms with Crippen molar-refractivity contribution in [3.05, 3.63) is 24.3 Å². The van der Waals surface area contributed by atoms with Crippen LogP contribution in [0.5, 0.6) is 0 Å². The minimum atomic E-state index is -3.55. The van der Waals surface area contributed by atoms with Crippen molar-refractivity contribution in [1.29, 1.82) is 0 Å². The zero-order valence-corrected chi connectivity index (χ0v) is 10.5. The third-order valence-electron chi connectivity index (χ3n) is 2.69. The lowest BCUT2D eigenvalue weighted by Gasteiger charge is -2.15. The van der Waals surface area contributed by atoms with Gasteiger partial charge in [-0.15, -0.1) is 0 Å². The Balaban J connectivity index is 2.40. The Labute approximate surface area is 105 Å². The van der Waals surface area contributed by atoms with Gasteiger partial charge in [0, 0.05) is 5.69 Å². The largest absolute Gasteiger partial charge is 0.305 e. The highest BCUT2D eigenvalue weighted by Gasteiger charge is 2.29. The van der Waals surface area contributed by atoms with E-state index in [1.165, 1.54) is 30.1 Å². The molecule has 0 aromatic heterocycles. The first-order valence-corrected chi connectivity index (χ1v) is 6.78. The van der Waals surface area contributed by atoms with Crippen LogP contribution in [0.3, 0.4) is 0 Å². The molecule has 1 aliphatic rings. The quantitative estimate of drug-likeness (QED) is 0.776. The summed E-state index contributed by atoms with van der Waals surface area (Å²) in [6.07, 6.45) is -0.122. The molecule has 96 valence electrons. The lowest BCUT2D eigenvalue weighted by atomic mass is 10.3. The Morgan fingerprint density at radius 1 is 1.28 bits per heavy atom. The smallest absolute Gasteiger partial charge is 0.240 e. The lowest BCUT2D eigenvalue weighted by molar-refractivity contribution is -0.121. The van der Waals surface area contributed by atoms with Gasteiger partial charge in [0.2, 0.25) is 15.9 Å². The summed E-state index contributed by atoms with van der Waals surface area (Å²) in [7, 11) is -2.24. The summed E-state index contributed by atoms with van der Waals surface area (Å²) in [5.74, 6) is -0.471. The van der Waals surface area contributed by atoms with Crippen LogP contribution in [0.1, 0.15) is 6.42 Å². The molecule has 1 aromatic carbocycles. The Hall–Kier alpha value is -1.73. The van der Waals surface area contributed by atoms with E-state index in [-0.39, 0.29) is 29.6 Å². The molecule has 1 heterocycles. The number of carbonyl (C=O) groups excluding carboxylic acids is 2. The van der Waals surface area contributed by atoms with Crippen LogP contribution in [0.2, 0.25) is 0 Å². The Morgan fingerprint density at radius 2 is 2.00 bits per heavy atom. The molecule has 1 saturated heterocycles. The second-order valence-corrected chi connectivity index (χ2v) is 5.79. The molecule has 0 spiro atoms. The number of hydrogen-bond donors (Lipinski definition) is 1. The number of rotatable bonds is 3. The van der Waals surface area contributed by atoms with E-state index in [1.807, 2.05) is 0 Å². The summed E-state index contributed by atoms with van der Waals surface area (Å²) >= 11 is 0. The standard InChI is InChI=1S/C11H12N2O4S/c1-12-18(16,17)10-4-2-3-8(5-10)13-7-9(14)6-11(13)15/h2-5,12H,6-7H2,1H3. The first-order valence-electron chi connectivity index (χ1n) is 5.30. The van der Waals surface area contributed by atoms with E-state index in [0.29, 0.717) is 5.69 Å². The van der Waals surface area contributed by atoms with Gasteiger partial charge in [-0.1, -0.05) is 6.07 Å². The van der Waals surface area contributed by atoms with Gasteiger partial charge in [0.15, 0.2) is 5.78 Å². The SMILES string of the molecule is CNS(=O)(=O)c1cccc(N2CC(=O)CC2=O)c1. The van der Waals surface area contributed by atoms with Crippen molar-refractivity contribution in [2.75, 3.05) is 18.5 Å². The normalized spacial score (nSPS) is 16.4. The highest BCUT2D eigenvalue weighted by atomic mass is 32.2. The average Bonchev–Trinajstić information content (AvgIpc) is 2.69. The number of carbonyl (C=O) groups is 2. The highest BCUT2D eigenvalue weighted by Crippen LogP contribution is 2.22. The molecule has 1 aliphatic heterocycles. The first kappa shape index (κ1) is 12.7. The number of anilines is 1. The number of nitrogens with zero attached hydrogens (tertiary/aromatic N) is 1. The molecule has 6 nitrogen and oxygen atoms in total. The van der Waals surface area contributed by atoms with E-state index < -0.39 is 10.0 Å². The van der Waals surface area contributed by atoms with E-state index in [0.717, 1.165) is 0 Å². The number of sulfonamides is 1. The topological polar surface area (TPSA) is 83.6 Å². The maximum atomic E-state index is 11.6. The zero-order valence-electron chi connectivity index (χ0n) is 9.71. The van der Waals surface area contributed by atoms with Crippen molar-refractivity contribution in [2.24, 2.45) is 0 Å². The van der Waals surface area contributed by atoms with Crippen molar-refractivity contribution in [2.45, 2.75) is 11.3 Å². The monoisotopic (exact) mass is 268 g/mol. The Morgan fingerprint density at radius 3 is 2.56 bits per heavy atom. The minimum Gasteiger partial charge on any atom is -0.305 e. The molecule has 1 N–H and O–H groups in total. The molecule has 18 heavy (non-hydrogen) atoms. The predicted molar refractivity (Wildman–Crippen MR) is 64.7 cm³/mol. The number of benzene rings is 1.